The average molecular weight is 276 g/mol. The molecule has 3 aliphatic rings. The Labute approximate surface area is 117 Å². The van der Waals surface area contributed by atoms with Crippen LogP contribution in [0.5, 0.6) is 0 Å². The van der Waals surface area contributed by atoms with Gasteiger partial charge in [0.05, 0.1) is 12.3 Å². The summed E-state index contributed by atoms with van der Waals surface area (Å²) < 4.78 is 7.51. The number of ether oxygens (including phenoxy) is 1. The van der Waals surface area contributed by atoms with Gasteiger partial charge in [-0.05, 0) is 19.3 Å². The van der Waals surface area contributed by atoms with Gasteiger partial charge in [-0.15, -0.1) is 0 Å². The summed E-state index contributed by atoms with van der Waals surface area (Å²) in [6, 6.07) is 1.94. The number of urea groups is 1. The van der Waals surface area contributed by atoms with Crippen molar-refractivity contribution in [2.24, 2.45) is 18.4 Å². The Kier molecular flexibility index (Phi) is 2.57. The molecule has 4 rings (SSSR count). The summed E-state index contributed by atoms with van der Waals surface area (Å²) in [6.45, 7) is 0.846. The van der Waals surface area contributed by atoms with E-state index in [0.29, 0.717) is 17.8 Å². The Morgan fingerprint density at radius 1 is 1.55 bits per heavy atom. The van der Waals surface area contributed by atoms with Crippen molar-refractivity contribution in [3.63, 3.8) is 0 Å². The van der Waals surface area contributed by atoms with Crippen molar-refractivity contribution in [1.29, 1.82) is 0 Å². The molecule has 1 aromatic heterocycles. The number of nitrogens with zero attached hydrogens (tertiary/aromatic N) is 2. The monoisotopic (exact) mass is 276 g/mol. The molecule has 2 aliphatic carbocycles. The van der Waals surface area contributed by atoms with E-state index in [1.165, 1.54) is 19.3 Å². The number of anilines is 1. The molecule has 2 amide bonds. The number of hydrogen-bond donors (Lipinski definition) is 2. The minimum Gasteiger partial charge on any atom is -0.377 e. The van der Waals surface area contributed by atoms with Gasteiger partial charge in [0.25, 0.3) is 0 Å². The van der Waals surface area contributed by atoms with Crippen molar-refractivity contribution in [2.75, 3.05) is 11.9 Å². The molecule has 6 nitrogen and oxygen atoms in total. The first-order valence-corrected chi connectivity index (χ1v) is 7.38. The molecule has 3 unspecified atom stereocenters. The van der Waals surface area contributed by atoms with Crippen LogP contribution in [-0.4, -0.2) is 34.6 Å². The summed E-state index contributed by atoms with van der Waals surface area (Å²) in [5.74, 6) is 1.22. The van der Waals surface area contributed by atoms with Gasteiger partial charge in [-0.2, -0.15) is 5.10 Å². The molecule has 2 heterocycles. The number of rotatable bonds is 2. The number of fused-ring (bicyclic) bond motifs is 2. The zero-order valence-electron chi connectivity index (χ0n) is 11.6. The lowest BCUT2D eigenvalue weighted by Gasteiger charge is -2.63. The first-order valence-electron chi connectivity index (χ1n) is 7.38. The van der Waals surface area contributed by atoms with Gasteiger partial charge in [-0.1, -0.05) is 6.42 Å². The lowest BCUT2D eigenvalue weighted by atomic mass is 9.46. The lowest BCUT2D eigenvalue weighted by molar-refractivity contribution is -0.171. The van der Waals surface area contributed by atoms with Gasteiger partial charge in [-0.25, -0.2) is 4.79 Å². The van der Waals surface area contributed by atoms with E-state index in [1.807, 2.05) is 7.05 Å². The predicted octanol–water partition coefficient (Wildman–Crippen LogP) is 1.50. The maximum Gasteiger partial charge on any atom is 0.320 e. The molecule has 1 spiro atoms. The first kappa shape index (κ1) is 12.2. The van der Waals surface area contributed by atoms with Crippen LogP contribution < -0.4 is 10.6 Å². The largest absolute Gasteiger partial charge is 0.377 e. The summed E-state index contributed by atoms with van der Waals surface area (Å²) in [5, 5.41) is 10.1. The Bertz CT molecular complexity index is 537. The molecule has 108 valence electrons. The van der Waals surface area contributed by atoms with Crippen molar-refractivity contribution in [1.82, 2.24) is 15.1 Å². The number of carbonyl (C=O) groups excluding carboxylic acids is 1. The van der Waals surface area contributed by atoms with Crippen LogP contribution in [0.1, 0.15) is 25.7 Å². The minimum absolute atomic E-state index is 0.129. The molecule has 3 atom stereocenters. The molecule has 6 heteroatoms. The fraction of sp³-hybridized carbons (Fsp3) is 0.714. The minimum atomic E-state index is -0.129. The van der Waals surface area contributed by atoms with Crippen LogP contribution in [0.2, 0.25) is 0 Å². The number of hydrogen-bond acceptors (Lipinski definition) is 3. The van der Waals surface area contributed by atoms with E-state index in [2.05, 4.69) is 15.7 Å². The molecular weight excluding hydrogens is 256 g/mol. The van der Waals surface area contributed by atoms with Gasteiger partial charge in [0.15, 0.2) is 0 Å². The predicted molar refractivity (Wildman–Crippen MR) is 73.3 cm³/mol. The Morgan fingerprint density at radius 3 is 3.05 bits per heavy atom. The van der Waals surface area contributed by atoms with Crippen LogP contribution in [-0.2, 0) is 11.8 Å². The number of nitrogens with one attached hydrogen (secondary N) is 2. The lowest BCUT2D eigenvalue weighted by Crippen LogP contribution is -2.72. The number of aromatic nitrogens is 2. The molecule has 1 aliphatic heterocycles. The van der Waals surface area contributed by atoms with Crippen molar-refractivity contribution in [2.45, 2.75) is 37.8 Å². The molecule has 2 N–H and O–H groups in total. The highest BCUT2D eigenvalue weighted by atomic mass is 16.5. The van der Waals surface area contributed by atoms with Crippen molar-refractivity contribution < 1.29 is 9.53 Å². The Morgan fingerprint density at radius 2 is 2.40 bits per heavy atom. The number of amides is 2. The van der Waals surface area contributed by atoms with Crippen LogP contribution in [0.15, 0.2) is 12.3 Å². The second-order valence-corrected chi connectivity index (χ2v) is 6.25. The molecule has 0 radical (unpaired) electrons. The second-order valence-electron chi connectivity index (χ2n) is 6.25. The van der Waals surface area contributed by atoms with E-state index in [1.54, 1.807) is 16.9 Å². The summed E-state index contributed by atoms with van der Waals surface area (Å²) in [7, 11) is 1.81. The average Bonchev–Trinajstić information content (AvgIpc) is 2.93. The molecular formula is C14H20N4O2. The standard InChI is InChI=1S/C14H20N4O2/c1-18-10(3-7-15-18)16-13(19)17-11-9-4-8-20-12(9)14(11)5-2-6-14/h3,7,9,11-12H,2,4-6,8H2,1H3,(H2,16,17,19). The van der Waals surface area contributed by atoms with Crippen LogP contribution >= 0.6 is 0 Å². The normalized spacial score (nSPS) is 33.1. The molecule has 20 heavy (non-hydrogen) atoms. The molecule has 2 saturated carbocycles. The van der Waals surface area contributed by atoms with E-state index in [4.69, 9.17) is 4.74 Å². The summed E-state index contributed by atoms with van der Waals surface area (Å²) in [5.41, 5.74) is 0.227. The zero-order chi connectivity index (χ0) is 13.7. The summed E-state index contributed by atoms with van der Waals surface area (Å²) in [6.07, 6.45) is 6.76. The van der Waals surface area contributed by atoms with Gasteiger partial charge in [0.1, 0.15) is 5.82 Å². The van der Waals surface area contributed by atoms with Crippen LogP contribution in [0, 0.1) is 11.3 Å². The summed E-state index contributed by atoms with van der Waals surface area (Å²) in [4.78, 5) is 12.2. The molecule has 1 aromatic rings. The maximum atomic E-state index is 12.2. The van der Waals surface area contributed by atoms with Crippen molar-refractivity contribution in [3.8, 4) is 0 Å². The third-order valence-electron chi connectivity index (χ3n) is 5.39. The van der Waals surface area contributed by atoms with E-state index in [9.17, 15) is 4.79 Å². The van der Waals surface area contributed by atoms with E-state index >= 15 is 0 Å². The SMILES string of the molecule is Cn1nccc1NC(=O)NC1C2CCOC2C12CCC2. The highest BCUT2D eigenvalue weighted by Gasteiger charge is 2.66. The van der Waals surface area contributed by atoms with Crippen LogP contribution in [0.4, 0.5) is 10.6 Å². The summed E-state index contributed by atoms with van der Waals surface area (Å²) >= 11 is 0. The number of aryl methyl sites for hydroxylation is 1. The maximum absolute atomic E-state index is 12.2. The fourth-order valence-electron chi connectivity index (χ4n) is 4.25. The Balaban J connectivity index is 1.43. The van der Waals surface area contributed by atoms with Gasteiger partial charge < -0.3 is 10.1 Å². The molecule has 0 bridgehead atoms. The van der Waals surface area contributed by atoms with Crippen LogP contribution in [0.25, 0.3) is 0 Å². The van der Waals surface area contributed by atoms with Crippen molar-refractivity contribution >= 4 is 11.8 Å². The van der Waals surface area contributed by atoms with Gasteiger partial charge in [0.2, 0.25) is 0 Å². The zero-order valence-corrected chi connectivity index (χ0v) is 11.6. The Hall–Kier alpha value is -1.56. The molecule has 1 saturated heterocycles. The highest BCUT2D eigenvalue weighted by molar-refractivity contribution is 5.88. The molecule has 0 aromatic carbocycles. The topological polar surface area (TPSA) is 68.2 Å². The smallest absolute Gasteiger partial charge is 0.320 e. The number of carbonyl (C=O) groups is 1. The third-order valence-corrected chi connectivity index (χ3v) is 5.39. The van der Waals surface area contributed by atoms with Gasteiger partial charge in [0, 0.05) is 37.1 Å². The second kappa shape index (κ2) is 4.22. The van der Waals surface area contributed by atoms with Crippen LogP contribution in [0.3, 0.4) is 0 Å². The van der Waals surface area contributed by atoms with Gasteiger partial charge >= 0.3 is 6.03 Å². The fourth-order valence-corrected chi connectivity index (χ4v) is 4.25. The molecule has 3 fully saturated rings. The highest BCUT2D eigenvalue weighted by Crippen LogP contribution is 2.62. The van der Waals surface area contributed by atoms with E-state index in [-0.39, 0.29) is 17.5 Å². The van der Waals surface area contributed by atoms with Crippen molar-refractivity contribution in [3.05, 3.63) is 12.3 Å². The van der Waals surface area contributed by atoms with Gasteiger partial charge in [-0.3, -0.25) is 10.00 Å². The first-order chi connectivity index (χ1) is 9.71. The van der Waals surface area contributed by atoms with E-state index < -0.39 is 0 Å². The van der Waals surface area contributed by atoms with E-state index in [0.717, 1.165) is 13.0 Å². The third kappa shape index (κ3) is 1.54. The quantitative estimate of drug-likeness (QED) is 0.860.